The largest absolute Gasteiger partial charge is 0.464 e. The van der Waals surface area contributed by atoms with Crippen molar-refractivity contribution in [3.8, 4) is 0 Å². The topological polar surface area (TPSA) is 78.3 Å². The number of amides is 3. The lowest BCUT2D eigenvalue weighted by atomic mass is 10.1. The van der Waals surface area contributed by atoms with Gasteiger partial charge in [-0.05, 0) is 36.8 Å². The molecule has 0 bridgehead atoms. The lowest BCUT2D eigenvalue weighted by molar-refractivity contribution is -0.137. The van der Waals surface area contributed by atoms with Crippen molar-refractivity contribution < 1.29 is 31.9 Å². The van der Waals surface area contributed by atoms with Crippen LogP contribution in [0.3, 0.4) is 0 Å². The Morgan fingerprint density at radius 1 is 0.925 bits per heavy atom. The second-order valence-corrected chi connectivity index (χ2v) is 9.60. The van der Waals surface area contributed by atoms with E-state index in [1.54, 1.807) is 17.0 Å². The normalized spacial score (nSPS) is 14.1. The van der Waals surface area contributed by atoms with E-state index in [0.717, 1.165) is 11.6 Å². The highest BCUT2D eigenvalue weighted by atomic mass is 19.4. The number of nitrogens with one attached hydrogen (secondary N) is 1. The van der Waals surface area contributed by atoms with Crippen molar-refractivity contribution in [3.05, 3.63) is 89.4 Å². The first kappa shape index (κ1) is 29.2. The third-order valence-electron chi connectivity index (χ3n) is 6.59. The molecule has 0 spiro atoms. The number of hydrogen-bond donors (Lipinski definition) is 1. The molecule has 1 fully saturated rings. The Kier molecular flexibility index (Phi) is 9.84. The monoisotopic (exact) mass is 558 g/mol. The third kappa shape index (κ3) is 8.33. The number of aryl methyl sites for hydroxylation is 1. The molecule has 40 heavy (non-hydrogen) atoms. The van der Waals surface area contributed by atoms with Crippen molar-refractivity contribution in [1.82, 2.24) is 14.7 Å². The number of ether oxygens (including phenoxy) is 1. The van der Waals surface area contributed by atoms with E-state index in [1.165, 1.54) is 23.1 Å². The molecule has 0 radical (unpaired) electrons. The Morgan fingerprint density at radius 3 is 2.30 bits per heavy atom. The maximum atomic E-state index is 13.7. The number of rotatable bonds is 10. The van der Waals surface area contributed by atoms with Crippen LogP contribution in [0.2, 0.25) is 0 Å². The number of benzene rings is 2. The number of nitrogens with zero attached hydrogens (tertiary/aromatic N) is 3. The summed E-state index contributed by atoms with van der Waals surface area (Å²) < 4.78 is 51.8. The number of carbonyl (C=O) groups is 2. The number of anilines is 1. The maximum absolute atomic E-state index is 13.7. The lowest BCUT2D eigenvalue weighted by Gasteiger charge is -2.31. The van der Waals surface area contributed by atoms with Crippen molar-refractivity contribution in [1.29, 1.82) is 0 Å². The van der Waals surface area contributed by atoms with Gasteiger partial charge in [-0.1, -0.05) is 42.5 Å². The summed E-state index contributed by atoms with van der Waals surface area (Å²) in [5, 5.41) is 2.39. The van der Waals surface area contributed by atoms with Gasteiger partial charge in [-0.25, -0.2) is 4.79 Å². The van der Waals surface area contributed by atoms with Crippen LogP contribution in [0.4, 0.5) is 23.7 Å². The molecular formula is C29H33F3N4O4. The van der Waals surface area contributed by atoms with Gasteiger partial charge in [0.05, 0.1) is 31.0 Å². The zero-order valence-corrected chi connectivity index (χ0v) is 22.3. The van der Waals surface area contributed by atoms with Crippen molar-refractivity contribution in [2.45, 2.75) is 26.2 Å². The summed E-state index contributed by atoms with van der Waals surface area (Å²) in [4.78, 5) is 31.9. The molecule has 1 N–H and O–H groups in total. The second kappa shape index (κ2) is 13.5. The third-order valence-corrected chi connectivity index (χ3v) is 6.59. The van der Waals surface area contributed by atoms with Crippen molar-refractivity contribution in [3.63, 3.8) is 0 Å². The van der Waals surface area contributed by atoms with Crippen LogP contribution >= 0.6 is 0 Å². The number of urea groups is 1. The van der Waals surface area contributed by atoms with Crippen LogP contribution in [0.1, 0.15) is 22.6 Å². The highest BCUT2D eigenvalue weighted by Gasteiger charge is 2.34. The van der Waals surface area contributed by atoms with Crippen molar-refractivity contribution >= 4 is 17.6 Å². The van der Waals surface area contributed by atoms with Crippen LogP contribution in [0.5, 0.6) is 0 Å². The van der Waals surface area contributed by atoms with Gasteiger partial charge in [-0.3, -0.25) is 9.69 Å². The van der Waals surface area contributed by atoms with E-state index in [2.05, 4.69) is 10.2 Å². The Morgan fingerprint density at radius 2 is 1.62 bits per heavy atom. The number of alkyl halides is 3. The number of halogens is 3. The minimum atomic E-state index is -4.65. The van der Waals surface area contributed by atoms with E-state index in [-0.39, 0.29) is 37.8 Å². The van der Waals surface area contributed by atoms with E-state index in [9.17, 15) is 22.8 Å². The summed E-state index contributed by atoms with van der Waals surface area (Å²) in [5.74, 6) is 0.932. The van der Waals surface area contributed by atoms with Gasteiger partial charge in [0, 0.05) is 32.7 Å². The smallest absolute Gasteiger partial charge is 0.418 e. The number of carbonyl (C=O) groups excluding carboxylic acids is 2. The molecule has 0 unspecified atom stereocenters. The number of hydrogen-bond acceptors (Lipinski definition) is 5. The summed E-state index contributed by atoms with van der Waals surface area (Å²) in [6.07, 6.45) is -4.65. The average Bonchev–Trinajstić information content (AvgIpc) is 3.35. The van der Waals surface area contributed by atoms with Crippen LogP contribution in [-0.4, -0.2) is 72.6 Å². The SMILES string of the molecule is Cc1ccc(CN(Cc2ccccc2)C(=O)CN(CCN2CCOCC2)C(=O)Nc2ccccc2C(F)(F)F)o1. The standard InChI is InChI=1S/C29H33F3N4O4/c1-22-11-12-24(40-22)20-36(19-23-7-3-2-4-8-23)27(37)21-35(14-13-34-15-17-39-18-16-34)28(38)33-26-10-6-5-9-25(26)29(30,31)32/h2-12H,13-21H2,1H3,(H,33,38). The Balaban J connectivity index is 1.54. The summed E-state index contributed by atoms with van der Waals surface area (Å²) in [5.41, 5.74) is -0.430. The zero-order chi connectivity index (χ0) is 28.5. The summed E-state index contributed by atoms with van der Waals surface area (Å²) in [7, 11) is 0. The fourth-order valence-corrected chi connectivity index (χ4v) is 4.43. The molecule has 1 saturated heterocycles. The van der Waals surface area contributed by atoms with Crippen molar-refractivity contribution in [2.24, 2.45) is 0 Å². The molecule has 1 aliphatic heterocycles. The quantitative estimate of drug-likeness (QED) is 0.379. The van der Waals surface area contributed by atoms with Gasteiger partial charge in [0.1, 0.15) is 18.1 Å². The van der Waals surface area contributed by atoms with Gasteiger partial charge < -0.3 is 24.3 Å². The Labute approximate surface area is 231 Å². The Bertz CT molecular complexity index is 1260. The van der Waals surface area contributed by atoms with Gasteiger partial charge in [-0.2, -0.15) is 13.2 Å². The van der Waals surface area contributed by atoms with Crippen LogP contribution in [0, 0.1) is 6.92 Å². The molecule has 4 rings (SSSR count). The first-order valence-electron chi connectivity index (χ1n) is 13.1. The fourth-order valence-electron chi connectivity index (χ4n) is 4.43. The maximum Gasteiger partial charge on any atom is 0.418 e. The highest BCUT2D eigenvalue weighted by Crippen LogP contribution is 2.34. The average molecular weight is 559 g/mol. The molecule has 8 nitrogen and oxygen atoms in total. The predicted molar refractivity (Wildman–Crippen MR) is 143 cm³/mol. The minimum absolute atomic E-state index is 0.144. The first-order chi connectivity index (χ1) is 19.2. The highest BCUT2D eigenvalue weighted by molar-refractivity contribution is 5.93. The predicted octanol–water partition coefficient (Wildman–Crippen LogP) is 5.00. The second-order valence-electron chi connectivity index (χ2n) is 9.60. The fraction of sp³-hybridized carbons (Fsp3) is 0.379. The summed E-state index contributed by atoms with van der Waals surface area (Å²) in [6, 6.07) is 17.0. The van der Waals surface area contributed by atoms with E-state index >= 15 is 0 Å². The number of morpholine rings is 1. The first-order valence-corrected chi connectivity index (χ1v) is 13.1. The number of furan rings is 1. The van der Waals surface area contributed by atoms with Gasteiger partial charge in [-0.15, -0.1) is 0 Å². The summed E-state index contributed by atoms with van der Waals surface area (Å²) in [6.45, 7) is 4.96. The van der Waals surface area contributed by atoms with Gasteiger partial charge >= 0.3 is 12.2 Å². The Hall–Kier alpha value is -3.83. The molecule has 1 aliphatic rings. The minimum Gasteiger partial charge on any atom is -0.464 e. The van der Waals surface area contributed by atoms with E-state index in [4.69, 9.17) is 9.15 Å². The van der Waals surface area contributed by atoms with Crippen LogP contribution in [0.25, 0.3) is 0 Å². The van der Waals surface area contributed by atoms with Crippen LogP contribution < -0.4 is 5.32 Å². The molecule has 2 heterocycles. The van der Waals surface area contributed by atoms with E-state index in [0.29, 0.717) is 44.4 Å². The lowest BCUT2D eigenvalue weighted by Crippen LogP contribution is -2.48. The van der Waals surface area contributed by atoms with Crippen LogP contribution in [-0.2, 0) is 28.8 Å². The molecule has 2 aromatic carbocycles. The molecule has 214 valence electrons. The van der Waals surface area contributed by atoms with E-state index in [1.807, 2.05) is 37.3 Å². The zero-order valence-electron chi connectivity index (χ0n) is 22.3. The molecule has 11 heteroatoms. The molecule has 0 aliphatic carbocycles. The van der Waals surface area contributed by atoms with Gasteiger partial charge in [0.15, 0.2) is 0 Å². The molecule has 3 aromatic rings. The van der Waals surface area contributed by atoms with E-state index < -0.39 is 17.8 Å². The van der Waals surface area contributed by atoms with Crippen LogP contribution in [0.15, 0.2) is 71.1 Å². The number of para-hydroxylation sites is 1. The molecule has 0 atom stereocenters. The molecule has 3 amide bonds. The van der Waals surface area contributed by atoms with Gasteiger partial charge in [0.2, 0.25) is 5.91 Å². The molecule has 1 aromatic heterocycles. The molecule has 0 saturated carbocycles. The van der Waals surface area contributed by atoms with Gasteiger partial charge in [0.25, 0.3) is 0 Å². The molecular weight excluding hydrogens is 525 g/mol. The summed E-state index contributed by atoms with van der Waals surface area (Å²) >= 11 is 0. The van der Waals surface area contributed by atoms with Crippen molar-refractivity contribution in [2.75, 3.05) is 51.3 Å².